The standard InChI is InChI=1S/C20H24N6O2/c1-24(2)20(28)25-10-6-9-15(13-25)26-18-16(12-21-26)19(27)23-17(22-18)11-14-7-4-3-5-8-14/h3-5,7-8,12,15H,6,9-11,13H2,1-2H3,(H,22,23,27). The van der Waals surface area contributed by atoms with Crippen LogP contribution >= 0.6 is 0 Å². The summed E-state index contributed by atoms with van der Waals surface area (Å²) in [5.74, 6) is 0.613. The highest BCUT2D eigenvalue weighted by Gasteiger charge is 2.27. The maximum Gasteiger partial charge on any atom is 0.319 e. The Bertz CT molecular complexity index is 1040. The maximum atomic E-state index is 12.5. The van der Waals surface area contributed by atoms with Crippen molar-refractivity contribution in [2.45, 2.75) is 25.3 Å². The number of nitrogens with zero attached hydrogens (tertiary/aromatic N) is 5. The number of benzene rings is 1. The summed E-state index contributed by atoms with van der Waals surface area (Å²) in [5.41, 5.74) is 1.48. The minimum atomic E-state index is -0.181. The van der Waals surface area contributed by atoms with Gasteiger partial charge in [0.2, 0.25) is 0 Å². The molecule has 1 aromatic carbocycles. The molecule has 3 aromatic rings. The minimum absolute atomic E-state index is 0.00302. The Balaban J connectivity index is 1.66. The van der Waals surface area contributed by atoms with Crippen LogP contribution in [-0.4, -0.2) is 62.8 Å². The monoisotopic (exact) mass is 380 g/mol. The number of piperidine rings is 1. The number of hydrogen-bond donors (Lipinski definition) is 1. The summed E-state index contributed by atoms with van der Waals surface area (Å²) >= 11 is 0. The molecule has 1 aliphatic rings. The van der Waals surface area contributed by atoms with Crippen LogP contribution in [0.1, 0.15) is 30.3 Å². The first-order valence-electron chi connectivity index (χ1n) is 9.49. The number of likely N-dealkylation sites (tertiary alicyclic amines) is 1. The second kappa shape index (κ2) is 7.46. The van der Waals surface area contributed by atoms with Crippen molar-refractivity contribution in [3.8, 4) is 0 Å². The number of hydrogen-bond acceptors (Lipinski definition) is 4. The fourth-order valence-electron chi connectivity index (χ4n) is 3.73. The van der Waals surface area contributed by atoms with Crippen molar-refractivity contribution in [3.05, 3.63) is 58.3 Å². The number of urea groups is 1. The van der Waals surface area contributed by atoms with Crippen LogP contribution in [0.3, 0.4) is 0 Å². The van der Waals surface area contributed by atoms with E-state index < -0.39 is 0 Å². The normalized spacial score (nSPS) is 17.1. The third-order valence-corrected chi connectivity index (χ3v) is 5.12. The molecule has 1 atom stereocenters. The van der Waals surface area contributed by atoms with Crippen LogP contribution < -0.4 is 5.56 Å². The smallest absolute Gasteiger partial charge is 0.319 e. The molecular weight excluding hydrogens is 356 g/mol. The van der Waals surface area contributed by atoms with Gasteiger partial charge in [-0.3, -0.25) is 4.79 Å². The highest BCUT2D eigenvalue weighted by molar-refractivity contribution is 5.74. The second-order valence-electron chi connectivity index (χ2n) is 7.42. The van der Waals surface area contributed by atoms with Gasteiger partial charge in [0.25, 0.3) is 5.56 Å². The van der Waals surface area contributed by atoms with Gasteiger partial charge in [0, 0.05) is 33.6 Å². The number of aromatic amines is 1. The molecule has 1 saturated heterocycles. The van der Waals surface area contributed by atoms with E-state index in [0.717, 1.165) is 24.9 Å². The fraction of sp³-hybridized carbons (Fsp3) is 0.400. The molecule has 1 aliphatic heterocycles. The average molecular weight is 380 g/mol. The van der Waals surface area contributed by atoms with Gasteiger partial charge in [-0.2, -0.15) is 5.10 Å². The van der Waals surface area contributed by atoms with Crippen molar-refractivity contribution in [1.29, 1.82) is 0 Å². The predicted molar refractivity (Wildman–Crippen MR) is 106 cm³/mol. The molecule has 146 valence electrons. The van der Waals surface area contributed by atoms with Crippen LogP contribution in [-0.2, 0) is 6.42 Å². The van der Waals surface area contributed by atoms with Gasteiger partial charge in [0.1, 0.15) is 11.2 Å². The van der Waals surface area contributed by atoms with Crippen molar-refractivity contribution in [2.24, 2.45) is 0 Å². The van der Waals surface area contributed by atoms with Gasteiger partial charge >= 0.3 is 6.03 Å². The van der Waals surface area contributed by atoms with Gasteiger partial charge in [-0.25, -0.2) is 14.5 Å². The third kappa shape index (κ3) is 3.49. The lowest BCUT2D eigenvalue weighted by molar-refractivity contribution is 0.142. The van der Waals surface area contributed by atoms with Gasteiger partial charge in [0.05, 0.1) is 12.2 Å². The topological polar surface area (TPSA) is 87.1 Å². The number of carbonyl (C=O) groups excluding carboxylic acids is 1. The number of nitrogens with one attached hydrogen (secondary N) is 1. The van der Waals surface area contributed by atoms with E-state index in [1.807, 2.05) is 39.9 Å². The molecule has 2 amide bonds. The quantitative estimate of drug-likeness (QED) is 0.753. The largest absolute Gasteiger partial charge is 0.331 e. The molecule has 0 radical (unpaired) electrons. The molecule has 0 spiro atoms. The van der Waals surface area contributed by atoms with E-state index in [1.54, 1.807) is 25.2 Å². The summed E-state index contributed by atoms with van der Waals surface area (Å²) in [6, 6.07) is 9.91. The van der Waals surface area contributed by atoms with Crippen LogP contribution in [0.2, 0.25) is 0 Å². The Morgan fingerprint density at radius 1 is 1.29 bits per heavy atom. The molecule has 8 nitrogen and oxygen atoms in total. The summed E-state index contributed by atoms with van der Waals surface area (Å²) < 4.78 is 1.81. The summed E-state index contributed by atoms with van der Waals surface area (Å²) in [6.45, 7) is 1.30. The van der Waals surface area contributed by atoms with Crippen LogP contribution in [0.5, 0.6) is 0 Å². The first-order valence-corrected chi connectivity index (χ1v) is 9.49. The Kier molecular flexibility index (Phi) is 4.85. The van der Waals surface area contributed by atoms with Crippen LogP contribution in [0.25, 0.3) is 11.0 Å². The number of carbonyl (C=O) groups is 1. The number of fused-ring (bicyclic) bond motifs is 1. The third-order valence-electron chi connectivity index (χ3n) is 5.12. The molecule has 0 aliphatic carbocycles. The molecule has 1 N–H and O–H groups in total. The van der Waals surface area contributed by atoms with E-state index in [2.05, 4.69) is 10.1 Å². The van der Waals surface area contributed by atoms with Gasteiger partial charge in [-0.1, -0.05) is 30.3 Å². The van der Waals surface area contributed by atoms with E-state index in [0.29, 0.717) is 29.8 Å². The minimum Gasteiger partial charge on any atom is -0.331 e. The summed E-state index contributed by atoms with van der Waals surface area (Å²) in [5, 5.41) is 4.93. The molecular formula is C20H24N6O2. The molecule has 8 heteroatoms. The summed E-state index contributed by atoms with van der Waals surface area (Å²) in [6.07, 6.45) is 3.91. The summed E-state index contributed by atoms with van der Waals surface area (Å²) in [4.78, 5) is 35.9. The van der Waals surface area contributed by atoms with E-state index in [9.17, 15) is 9.59 Å². The Hall–Kier alpha value is -3.16. The first kappa shape index (κ1) is 18.2. The average Bonchev–Trinajstić information content (AvgIpc) is 3.13. The number of rotatable bonds is 3. The molecule has 28 heavy (non-hydrogen) atoms. The van der Waals surface area contributed by atoms with Crippen LogP contribution in [0.4, 0.5) is 4.79 Å². The number of H-pyrrole nitrogens is 1. The molecule has 1 unspecified atom stereocenters. The maximum absolute atomic E-state index is 12.5. The lowest BCUT2D eigenvalue weighted by Gasteiger charge is -2.34. The lowest BCUT2D eigenvalue weighted by atomic mass is 10.1. The van der Waals surface area contributed by atoms with Crippen LogP contribution in [0.15, 0.2) is 41.3 Å². The SMILES string of the molecule is CN(C)C(=O)N1CCCC(n2ncc3c(=O)[nH]c(Cc4ccccc4)nc32)C1. The molecule has 0 bridgehead atoms. The Morgan fingerprint density at radius 2 is 2.07 bits per heavy atom. The van der Waals surface area contributed by atoms with E-state index in [-0.39, 0.29) is 17.6 Å². The molecule has 3 heterocycles. The van der Waals surface area contributed by atoms with Crippen LogP contribution in [0, 0.1) is 0 Å². The van der Waals surface area contributed by atoms with Crippen molar-refractivity contribution < 1.29 is 4.79 Å². The Labute approximate surface area is 162 Å². The molecule has 2 aromatic heterocycles. The number of aromatic nitrogens is 4. The van der Waals surface area contributed by atoms with Crippen molar-refractivity contribution in [2.75, 3.05) is 27.2 Å². The van der Waals surface area contributed by atoms with Crippen molar-refractivity contribution in [1.82, 2.24) is 29.5 Å². The first-order chi connectivity index (χ1) is 13.5. The molecule has 0 saturated carbocycles. The lowest BCUT2D eigenvalue weighted by Crippen LogP contribution is -2.45. The van der Waals surface area contributed by atoms with Gasteiger partial charge in [-0.05, 0) is 18.4 Å². The van der Waals surface area contributed by atoms with Crippen molar-refractivity contribution >= 4 is 17.1 Å². The van der Waals surface area contributed by atoms with E-state index in [1.165, 1.54) is 0 Å². The fourth-order valence-corrected chi connectivity index (χ4v) is 3.73. The van der Waals surface area contributed by atoms with Gasteiger partial charge in [0.15, 0.2) is 5.65 Å². The van der Waals surface area contributed by atoms with E-state index >= 15 is 0 Å². The number of amides is 2. The van der Waals surface area contributed by atoms with Crippen molar-refractivity contribution in [3.63, 3.8) is 0 Å². The zero-order valence-corrected chi connectivity index (χ0v) is 16.1. The highest BCUT2D eigenvalue weighted by atomic mass is 16.2. The zero-order valence-electron chi connectivity index (χ0n) is 16.1. The highest BCUT2D eigenvalue weighted by Crippen LogP contribution is 2.24. The Morgan fingerprint density at radius 3 is 2.82 bits per heavy atom. The van der Waals surface area contributed by atoms with Gasteiger partial charge < -0.3 is 14.8 Å². The summed E-state index contributed by atoms with van der Waals surface area (Å²) in [7, 11) is 3.51. The second-order valence-corrected chi connectivity index (χ2v) is 7.42. The zero-order chi connectivity index (χ0) is 19.7. The predicted octanol–water partition coefficient (Wildman–Crippen LogP) is 2.03. The molecule has 1 fully saturated rings. The van der Waals surface area contributed by atoms with E-state index in [4.69, 9.17) is 4.98 Å². The van der Waals surface area contributed by atoms with Gasteiger partial charge in [-0.15, -0.1) is 0 Å². The molecule has 4 rings (SSSR count).